The fraction of sp³-hybridized carbons (Fsp3) is 0.533. The van der Waals surface area contributed by atoms with Gasteiger partial charge in [-0.3, -0.25) is 0 Å². The summed E-state index contributed by atoms with van der Waals surface area (Å²) in [4.78, 5) is 2.25. The van der Waals surface area contributed by atoms with E-state index in [9.17, 15) is 0 Å². The molecular weight excluding hydrogens is 589 g/mol. The maximum Gasteiger partial charge on any atom is 0.203 e. The molecule has 37 heavy (non-hydrogen) atoms. The van der Waals surface area contributed by atoms with Crippen LogP contribution in [0.5, 0.6) is 0 Å². The van der Waals surface area contributed by atoms with Crippen LogP contribution in [0.3, 0.4) is 0 Å². The topological polar surface area (TPSA) is 54.8 Å². The Morgan fingerprint density at radius 2 is 1.43 bits per heavy atom. The van der Waals surface area contributed by atoms with Crippen molar-refractivity contribution in [3.8, 4) is 11.4 Å². The number of rotatable bonds is 12. The van der Waals surface area contributed by atoms with Gasteiger partial charge in [0.2, 0.25) is 5.82 Å². The van der Waals surface area contributed by atoms with Crippen molar-refractivity contribution >= 4 is 31.0 Å². The summed E-state index contributed by atoms with van der Waals surface area (Å²) in [5.41, 5.74) is 6.41. The predicted molar refractivity (Wildman–Crippen MR) is 169 cm³/mol. The lowest BCUT2D eigenvalue weighted by atomic mass is 9.76. The second kappa shape index (κ2) is 14.4. The Bertz CT molecular complexity index is 1030. The Morgan fingerprint density at radius 3 is 2.00 bits per heavy atom. The first-order chi connectivity index (χ1) is 17.5. The fourth-order valence-corrected chi connectivity index (χ4v) is 4.87. The first kappa shape index (κ1) is 31.5. The van der Waals surface area contributed by atoms with Crippen molar-refractivity contribution in [3.05, 3.63) is 72.4 Å². The van der Waals surface area contributed by atoms with Crippen molar-refractivity contribution in [2.45, 2.75) is 91.4 Å². The third-order valence-electron chi connectivity index (χ3n) is 7.39. The molecule has 1 saturated heterocycles. The number of hydrogen-bond acceptors (Lipinski definition) is 6. The third-order valence-corrected chi connectivity index (χ3v) is 7.39. The Labute approximate surface area is 242 Å². The van der Waals surface area contributed by atoms with Crippen LogP contribution in [0.1, 0.15) is 90.4 Å². The second-order valence-electron chi connectivity index (χ2n) is 11.6. The standard InChI is InChI=1S/C30H43N5.HIS/c1-22(21-35-23(2)12-13-24(35)3)11-9-18-29(5,6)19-10-20-30(7,8)27-16-14-26(15-17-27)28-33-31-25(4)32-34-28;1-2/h14-17H,1-3,9-13,18-21H2,4-8H3;2H. The Kier molecular flexibility index (Phi) is 12.3. The van der Waals surface area contributed by atoms with Crippen LogP contribution < -0.4 is 0 Å². The SMILES string of the molecule is C=C(CCCC(C)(C)CCCC(C)(C)c1ccc(-c2nnc(C)nn2)cc1)CN1C(=C)CCC1=C.SI. The quantitative estimate of drug-likeness (QED) is 0.144. The van der Waals surface area contributed by atoms with E-state index in [0.717, 1.165) is 37.8 Å². The molecule has 0 radical (unpaired) electrons. The van der Waals surface area contributed by atoms with Gasteiger partial charge in [0.05, 0.1) is 0 Å². The van der Waals surface area contributed by atoms with E-state index in [-0.39, 0.29) is 5.41 Å². The summed E-state index contributed by atoms with van der Waals surface area (Å²) in [7, 11) is 3.50. The van der Waals surface area contributed by atoms with E-state index in [1.165, 1.54) is 48.2 Å². The molecule has 0 N–H and O–H groups in total. The Balaban J connectivity index is 0.00000235. The Hall–Kier alpha value is -1.74. The molecule has 1 fully saturated rings. The molecule has 1 aliphatic heterocycles. The first-order valence-corrected chi connectivity index (χ1v) is 16.3. The molecule has 5 nitrogen and oxygen atoms in total. The molecule has 7 heteroatoms. The monoisotopic (exact) mass is 633 g/mol. The van der Waals surface area contributed by atoms with Gasteiger partial charge >= 0.3 is 0 Å². The average molecular weight is 634 g/mol. The highest BCUT2D eigenvalue weighted by Gasteiger charge is 2.24. The minimum Gasteiger partial charge on any atom is -0.346 e. The molecule has 2 aromatic rings. The fourth-order valence-electron chi connectivity index (χ4n) is 4.87. The summed E-state index contributed by atoms with van der Waals surface area (Å²) >= 11 is 1.84. The number of nitrogens with zero attached hydrogens (tertiary/aromatic N) is 5. The van der Waals surface area contributed by atoms with Crippen LogP contribution >= 0.6 is 31.0 Å². The number of aromatic nitrogens is 4. The van der Waals surface area contributed by atoms with Gasteiger partial charge in [-0.1, -0.05) is 83.7 Å². The van der Waals surface area contributed by atoms with Crippen molar-refractivity contribution in [2.75, 3.05) is 6.54 Å². The molecule has 2 heterocycles. The van der Waals surface area contributed by atoms with Gasteiger partial charge in [0.25, 0.3) is 0 Å². The highest BCUT2D eigenvalue weighted by molar-refractivity contribution is 14.2. The molecule has 3 rings (SSSR count). The lowest BCUT2D eigenvalue weighted by molar-refractivity contribution is 0.275. The molecule has 1 aromatic carbocycles. The minimum atomic E-state index is 0.119. The van der Waals surface area contributed by atoms with Gasteiger partial charge < -0.3 is 4.90 Å². The molecule has 0 aliphatic carbocycles. The van der Waals surface area contributed by atoms with Crippen molar-refractivity contribution in [3.63, 3.8) is 0 Å². The molecule has 0 atom stereocenters. The number of halogens is 1. The maximum absolute atomic E-state index is 4.33. The molecule has 0 unspecified atom stereocenters. The van der Waals surface area contributed by atoms with E-state index in [1.54, 1.807) is 6.92 Å². The summed E-state index contributed by atoms with van der Waals surface area (Å²) < 4.78 is 0. The van der Waals surface area contributed by atoms with Crippen LogP contribution in [-0.4, -0.2) is 31.8 Å². The van der Waals surface area contributed by atoms with Gasteiger partial charge in [0.15, 0.2) is 5.82 Å². The van der Waals surface area contributed by atoms with Crippen LogP contribution in [0.15, 0.2) is 61.0 Å². The van der Waals surface area contributed by atoms with Gasteiger partial charge in [0, 0.05) is 23.5 Å². The number of hydrogen-bond donors (Lipinski definition) is 1. The minimum absolute atomic E-state index is 0.119. The summed E-state index contributed by atoms with van der Waals surface area (Å²) in [6.45, 7) is 24.8. The van der Waals surface area contributed by atoms with E-state index < -0.39 is 0 Å². The number of aryl methyl sites for hydroxylation is 1. The summed E-state index contributed by atoms with van der Waals surface area (Å²) in [5.74, 6) is 1.15. The summed E-state index contributed by atoms with van der Waals surface area (Å²) in [5, 5.41) is 16.3. The molecule has 0 amide bonds. The maximum atomic E-state index is 4.33. The van der Waals surface area contributed by atoms with E-state index in [0.29, 0.717) is 17.1 Å². The first-order valence-electron chi connectivity index (χ1n) is 13.1. The lowest BCUT2D eigenvalue weighted by Crippen LogP contribution is -2.20. The molecule has 1 aliphatic rings. The van der Waals surface area contributed by atoms with Crippen molar-refractivity contribution in [1.82, 2.24) is 25.3 Å². The number of thiol groups is 1. The largest absolute Gasteiger partial charge is 0.346 e. The average Bonchev–Trinajstić information content (AvgIpc) is 3.17. The highest BCUT2D eigenvalue weighted by atomic mass is 127. The molecular formula is C30H44IN5S. The van der Waals surface area contributed by atoms with Gasteiger partial charge in [0.1, 0.15) is 0 Å². The van der Waals surface area contributed by atoms with E-state index in [1.807, 2.05) is 21.2 Å². The summed E-state index contributed by atoms with van der Waals surface area (Å²) in [6.07, 6.45) is 9.17. The third kappa shape index (κ3) is 9.82. The number of likely N-dealkylation sites (tertiary alicyclic amines) is 1. The summed E-state index contributed by atoms with van der Waals surface area (Å²) in [6, 6.07) is 8.54. The number of benzene rings is 1. The lowest BCUT2D eigenvalue weighted by Gasteiger charge is -2.30. The molecule has 0 spiro atoms. The van der Waals surface area contributed by atoms with Crippen LogP contribution in [0.4, 0.5) is 0 Å². The normalized spacial score (nSPS) is 14.0. The van der Waals surface area contributed by atoms with Crippen LogP contribution in [0, 0.1) is 12.3 Å². The van der Waals surface area contributed by atoms with E-state index in [2.05, 4.69) is 107 Å². The molecule has 0 bridgehead atoms. The van der Waals surface area contributed by atoms with Gasteiger partial charge in [-0.15, -0.1) is 30.2 Å². The highest BCUT2D eigenvalue weighted by Crippen LogP contribution is 2.36. The number of allylic oxidation sites excluding steroid dienone is 2. The van der Waals surface area contributed by atoms with Crippen LogP contribution in [-0.2, 0) is 5.41 Å². The van der Waals surface area contributed by atoms with Gasteiger partial charge in [-0.2, -0.15) is 0 Å². The van der Waals surface area contributed by atoms with E-state index >= 15 is 0 Å². The zero-order valence-corrected chi connectivity index (χ0v) is 26.4. The van der Waals surface area contributed by atoms with Crippen molar-refractivity contribution in [1.29, 1.82) is 0 Å². The predicted octanol–water partition coefficient (Wildman–Crippen LogP) is 8.83. The Morgan fingerprint density at radius 1 is 0.892 bits per heavy atom. The van der Waals surface area contributed by atoms with Gasteiger partial charge in [-0.25, -0.2) is 0 Å². The zero-order chi connectivity index (χ0) is 27.6. The van der Waals surface area contributed by atoms with Crippen LogP contribution in [0.2, 0.25) is 0 Å². The van der Waals surface area contributed by atoms with Crippen molar-refractivity contribution < 1.29 is 0 Å². The van der Waals surface area contributed by atoms with Crippen LogP contribution in [0.25, 0.3) is 11.4 Å². The van der Waals surface area contributed by atoms with Gasteiger partial charge in [-0.05, 0) is 89.5 Å². The smallest absolute Gasteiger partial charge is 0.203 e. The molecule has 202 valence electrons. The zero-order valence-electron chi connectivity index (χ0n) is 23.4. The molecule has 1 aromatic heterocycles. The van der Waals surface area contributed by atoms with Crippen molar-refractivity contribution in [2.24, 2.45) is 5.41 Å². The second-order valence-corrected chi connectivity index (χ2v) is 11.6. The molecule has 0 saturated carbocycles. The van der Waals surface area contributed by atoms with E-state index in [4.69, 9.17) is 0 Å².